The molecule has 1 aliphatic carbocycles. The van der Waals surface area contributed by atoms with Crippen LogP contribution in [-0.2, 0) is 23.2 Å². The van der Waals surface area contributed by atoms with Gasteiger partial charge in [0.1, 0.15) is 18.2 Å². The fraction of sp³-hybridized carbons (Fsp3) is 0.259. The number of nitrogens with zero attached hydrogens (tertiary/aromatic N) is 1. The van der Waals surface area contributed by atoms with Gasteiger partial charge < -0.3 is 9.84 Å². The van der Waals surface area contributed by atoms with Gasteiger partial charge in [-0.3, -0.25) is 4.79 Å². The average Bonchev–Trinajstić information content (AvgIpc) is 3.60. The van der Waals surface area contributed by atoms with E-state index in [4.69, 9.17) is 9.84 Å². The Kier molecular flexibility index (Phi) is 6.23. The van der Waals surface area contributed by atoms with Crippen LogP contribution in [0.4, 0.5) is 4.39 Å². The van der Waals surface area contributed by atoms with E-state index in [2.05, 4.69) is 6.07 Å². The van der Waals surface area contributed by atoms with Crippen LogP contribution in [0.25, 0.3) is 11.1 Å². The van der Waals surface area contributed by atoms with E-state index in [1.165, 1.54) is 12.1 Å². The van der Waals surface area contributed by atoms with Gasteiger partial charge in [0.15, 0.2) is 0 Å². The van der Waals surface area contributed by atoms with Crippen LogP contribution in [0.5, 0.6) is 5.75 Å². The number of carbonyl (C=O) groups is 1. The van der Waals surface area contributed by atoms with Crippen molar-refractivity contribution in [2.24, 2.45) is 0 Å². The van der Waals surface area contributed by atoms with Gasteiger partial charge in [0.05, 0.1) is 11.5 Å². The summed E-state index contributed by atoms with van der Waals surface area (Å²) < 4.78 is 19.9. The van der Waals surface area contributed by atoms with Gasteiger partial charge in [-0.25, -0.2) is 4.39 Å². The number of halogens is 1. The molecule has 0 spiro atoms. The van der Waals surface area contributed by atoms with Crippen molar-refractivity contribution >= 4 is 5.97 Å². The number of hydrogen-bond acceptors (Lipinski definition) is 3. The molecule has 0 heterocycles. The molecule has 0 radical (unpaired) electrons. The van der Waals surface area contributed by atoms with Crippen LogP contribution >= 0.6 is 0 Å². The number of nitriles is 1. The van der Waals surface area contributed by atoms with Gasteiger partial charge in [0.2, 0.25) is 0 Å². The van der Waals surface area contributed by atoms with Crippen LogP contribution < -0.4 is 4.74 Å². The molecule has 4 rings (SSSR count). The summed E-state index contributed by atoms with van der Waals surface area (Å²) >= 11 is 0. The Morgan fingerprint density at radius 1 is 1.06 bits per heavy atom. The van der Waals surface area contributed by atoms with Gasteiger partial charge >= 0.3 is 5.97 Å². The van der Waals surface area contributed by atoms with E-state index in [1.807, 2.05) is 48.5 Å². The van der Waals surface area contributed by atoms with Gasteiger partial charge in [-0.2, -0.15) is 5.26 Å². The number of aryl methyl sites for hydroxylation is 1. The molecule has 0 aliphatic heterocycles. The molecule has 0 saturated heterocycles. The summed E-state index contributed by atoms with van der Waals surface area (Å²) in [5, 5.41) is 18.1. The molecule has 1 N–H and O–H groups in total. The molecule has 4 nitrogen and oxygen atoms in total. The van der Waals surface area contributed by atoms with E-state index in [-0.39, 0.29) is 24.3 Å². The molecular formula is C27H24FNO3. The second kappa shape index (κ2) is 9.23. The fourth-order valence-corrected chi connectivity index (χ4v) is 3.88. The molecule has 1 aliphatic rings. The zero-order valence-corrected chi connectivity index (χ0v) is 17.7. The smallest absolute Gasteiger partial charge is 0.303 e. The first-order valence-corrected chi connectivity index (χ1v) is 10.7. The quantitative estimate of drug-likeness (QED) is 0.451. The Labute approximate surface area is 186 Å². The van der Waals surface area contributed by atoms with Crippen molar-refractivity contribution in [1.82, 2.24) is 0 Å². The molecule has 0 unspecified atom stereocenters. The third-order valence-electron chi connectivity index (χ3n) is 5.95. The largest absolute Gasteiger partial charge is 0.489 e. The summed E-state index contributed by atoms with van der Waals surface area (Å²) in [7, 11) is 0. The lowest BCUT2D eigenvalue weighted by molar-refractivity contribution is -0.137. The van der Waals surface area contributed by atoms with Gasteiger partial charge in [-0.15, -0.1) is 0 Å². The Balaban J connectivity index is 1.45. The summed E-state index contributed by atoms with van der Waals surface area (Å²) in [5.41, 5.74) is 4.35. The maximum Gasteiger partial charge on any atom is 0.303 e. The highest BCUT2D eigenvalue weighted by molar-refractivity contribution is 5.68. The number of hydrogen-bond donors (Lipinski definition) is 1. The van der Waals surface area contributed by atoms with Crippen molar-refractivity contribution in [1.29, 1.82) is 5.26 Å². The zero-order valence-electron chi connectivity index (χ0n) is 17.7. The number of aliphatic carboxylic acids is 1. The lowest BCUT2D eigenvalue weighted by Crippen LogP contribution is -2.02. The number of rotatable bonds is 9. The summed E-state index contributed by atoms with van der Waals surface area (Å²) in [6.07, 6.45) is 3.24. The minimum atomic E-state index is -0.789. The van der Waals surface area contributed by atoms with E-state index in [9.17, 15) is 14.4 Å². The molecule has 0 atom stereocenters. The average molecular weight is 429 g/mol. The highest BCUT2D eigenvalue weighted by atomic mass is 19.1. The monoisotopic (exact) mass is 429 g/mol. The molecule has 3 aromatic rings. The van der Waals surface area contributed by atoms with Gasteiger partial charge in [-0.05, 0) is 77.8 Å². The Morgan fingerprint density at radius 2 is 1.78 bits per heavy atom. The van der Waals surface area contributed by atoms with Crippen molar-refractivity contribution < 1.29 is 19.0 Å². The van der Waals surface area contributed by atoms with Crippen LogP contribution in [0.3, 0.4) is 0 Å². The summed E-state index contributed by atoms with van der Waals surface area (Å²) in [6.45, 7) is 0.218. The first-order valence-electron chi connectivity index (χ1n) is 10.7. The third-order valence-corrected chi connectivity index (χ3v) is 5.95. The van der Waals surface area contributed by atoms with E-state index in [0.717, 1.165) is 40.7 Å². The van der Waals surface area contributed by atoms with E-state index < -0.39 is 5.97 Å². The summed E-state index contributed by atoms with van der Waals surface area (Å²) in [4.78, 5) is 10.6. The first-order chi connectivity index (χ1) is 15.5. The van der Waals surface area contributed by atoms with Crippen LogP contribution in [0.1, 0.15) is 42.4 Å². The second-order valence-corrected chi connectivity index (χ2v) is 8.25. The van der Waals surface area contributed by atoms with E-state index in [0.29, 0.717) is 18.6 Å². The Hall–Kier alpha value is -3.65. The molecule has 162 valence electrons. The Morgan fingerprint density at radius 3 is 2.41 bits per heavy atom. The standard InChI is InChI=1S/C27H24FNO3/c28-23-10-13-25(20-6-8-22(9-7-20)27(18-29)14-15-27)21(16-23)17-32-24-11-4-19(5-12-24)2-1-3-26(30)31/h4-13,16H,1-3,14-15,17H2,(H,30,31). The van der Waals surface area contributed by atoms with Crippen LogP contribution in [0, 0.1) is 17.1 Å². The number of benzene rings is 3. The normalized spacial score (nSPS) is 13.9. The van der Waals surface area contributed by atoms with E-state index in [1.54, 1.807) is 6.07 Å². The second-order valence-electron chi connectivity index (χ2n) is 8.25. The molecule has 0 amide bonds. The molecule has 32 heavy (non-hydrogen) atoms. The zero-order chi connectivity index (χ0) is 22.6. The summed E-state index contributed by atoms with van der Waals surface area (Å²) in [6, 6.07) is 22.6. The van der Waals surface area contributed by atoms with Crippen molar-refractivity contribution in [3.63, 3.8) is 0 Å². The number of carboxylic acid groups (broad SMARTS) is 1. The third kappa shape index (κ3) is 4.97. The predicted molar refractivity (Wildman–Crippen MR) is 120 cm³/mol. The van der Waals surface area contributed by atoms with Crippen molar-refractivity contribution in [3.05, 3.63) is 89.2 Å². The van der Waals surface area contributed by atoms with Crippen molar-refractivity contribution in [2.45, 2.75) is 44.1 Å². The maximum absolute atomic E-state index is 14.0. The fourth-order valence-electron chi connectivity index (χ4n) is 3.88. The first kappa shape index (κ1) is 21.6. The van der Waals surface area contributed by atoms with Gasteiger partial charge in [0.25, 0.3) is 0 Å². The van der Waals surface area contributed by atoms with Crippen molar-refractivity contribution in [2.75, 3.05) is 0 Å². The molecule has 1 saturated carbocycles. The predicted octanol–water partition coefficient (Wildman–Crippen LogP) is 6.03. The van der Waals surface area contributed by atoms with Crippen molar-refractivity contribution in [3.8, 4) is 22.9 Å². The highest BCUT2D eigenvalue weighted by Gasteiger charge is 2.44. The molecule has 5 heteroatoms. The van der Waals surface area contributed by atoms with Crippen LogP contribution in [0.2, 0.25) is 0 Å². The SMILES string of the molecule is N#CC1(c2ccc(-c3ccc(F)cc3COc3ccc(CCCC(=O)O)cc3)cc2)CC1. The van der Waals surface area contributed by atoms with Crippen LogP contribution in [0.15, 0.2) is 66.7 Å². The topological polar surface area (TPSA) is 70.3 Å². The Bertz CT molecular complexity index is 1140. The van der Waals surface area contributed by atoms with E-state index >= 15 is 0 Å². The molecule has 1 fully saturated rings. The number of carboxylic acids is 1. The lowest BCUT2D eigenvalue weighted by Gasteiger charge is -2.13. The highest BCUT2D eigenvalue weighted by Crippen LogP contribution is 2.47. The minimum absolute atomic E-state index is 0.152. The molecule has 0 aromatic heterocycles. The maximum atomic E-state index is 14.0. The molecule has 3 aromatic carbocycles. The molecular weight excluding hydrogens is 405 g/mol. The summed E-state index contributed by atoms with van der Waals surface area (Å²) in [5.74, 6) is -0.441. The van der Waals surface area contributed by atoms with Gasteiger partial charge in [-0.1, -0.05) is 42.5 Å². The number of ether oxygens (including phenoxy) is 1. The molecule has 0 bridgehead atoms. The minimum Gasteiger partial charge on any atom is -0.489 e. The lowest BCUT2D eigenvalue weighted by atomic mass is 9.93. The van der Waals surface area contributed by atoms with Gasteiger partial charge in [0, 0.05) is 6.42 Å². The van der Waals surface area contributed by atoms with Crippen LogP contribution in [-0.4, -0.2) is 11.1 Å².